The lowest BCUT2D eigenvalue weighted by Crippen LogP contribution is -2.40. The van der Waals surface area contributed by atoms with Crippen LogP contribution in [0.15, 0.2) is 36.9 Å². The normalized spacial score (nSPS) is 15.6. The minimum absolute atomic E-state index is 0.128. The number of carbonyl (C=O) groups excluding carboxylic acids is 2. The fourth-order valence-electron chi connectivity index (χ4n) is 3.84. The van der Waals surface area contributed by atoms with Crippen LogP contribution >= 0.6 is 11.3 Å². The van der Waals surface area contributed by atoms with E-state index in [4.69, 9.17) is 9.47 Å². The van der Waals surface area contributed by atoms with E-state index in [1.54, 1.807) is 17.3 Å². The molecule has 11 heteroatoms. The van der Waals surface area contributed by atoms with E-state index in [9.17, 15) is 9.59 Å². The van der Waals surface area contributed by atoms with Crippen molar-refractivity contribution in [1.29, 1.82) is 0 Å². The first-order chi connectivity index (χ1) is 17.5. The van der Waals surface area contributed by atoms with Crippen molar-refractivity contribution < 1.29 is 19.1 Å². The maximum Gasteiger partial charge on any atom is 0.419 e. The van der Waals surface area contributed by atoms with Gasteiger partial charge in [-0.3, -0.25) is 10.1 Å². The van der Waals surface area contributed by atoms with Crippen molar-refractivity contribution in [3.8, 4) is 5.88 Å². The van der Waals surface area contributed by atoms with Gasteiger partial charge in [-0.1, -0.05) is 13.8 Å². The van der Waals surface area contributed by atoms with Crippen LogP contribution in [0.1, 0.15) is 59.5 Å². The van der Waals surface area contributed by atoms with Crippen LogP contribution in [0.2, 0.25) is 0 Å². The fourth-order valence-corrected chi connectivity index (χ4v) is 4.88. The predicted molar refractivity (Wildman–Crippen MR) is 136 cm³/mol. The molecule has 0 unspecified atom stereocenters. The first kappa shape index (κ1) is 24.1. The van der Waals surface area contributed by atoms with Crippen LogP contribution < -0.4 is 15.4 Å². The zero-order valence-corrected chi connectivity index (χ0v) is 21.0. The average molecular weight is 509 g/mol. The van der Waals surface area contributed by atoms with Crippen LogP contribution in [-0.2, 0) is 4.74 Å². The molecule has 0 radical (unpaired) electrons. The second-order valence-electron chi connectivity index (χ2n) is 9.08. The van der Waals surface area contributed by atoms with Gasteiger partial charge in [0.2, 0.25) is 5.88 Å². The molecule has 10 nitrogen and oxygen atoms in total. The van der Waals surface area contributed by atoms with Crippen molar-refractivity contribution in [1.82, 2.24) is 19.9 Å². The summed E-state index contributed by atoms with van der Waals surface area (Å²) in [5.41, 5.74) is 2.50. The number of thiophene rings is 1. The number of nitrogens with zero attached hydrogens (tertiary/aromatic N) is 4. The lowest BCUT2D eigenvalue weighted by atomic mass is 10.1. The minimum atomic E-state index is -0.712. The molecule has 2 N–H and O–H groups in total. The Morgan fingerprint density at radius 2 is 1.92 bits per heavy atom. The molecule has 0 aromatic carbocycles. The number of rotatable bonds is 7. The highest BCUT2D eigenvalue weighted by Crippen LogP contribution is 2.41. The summed E-state index contributed by atoms with van der Waals surface area (Å²) in [6, 6.07) is 5.63. The quantitative estimate of drug-likeness (QED) is 0.469. The Kier molecular flexibility index (Phi) is 7.10. The Hall–Kier alpha value is -3.57. The monoisotopic (exact) mass is 508 g/mol. The van der Waals surface area contributed by atoms with Crippen molar-refractivity contribution >= 4 is 39.7 Å². The van der Waals surface area contributed by atoms with Crippen LogP contribution in [0.4, 0.5) is 21.2 Å². The largest absolute Gasteiger partial charge is 0.419 e. The Morgan fingerprint density at radius 1 is 1.17 bits per heavy atom. The molecule has 188 valence electrons. The van der Waals surface area contributed by atoms with Crippen molar-refractivity contribution in [2.45, 2.75) is 38.5 Å². The standard InChI is InChI=1S/C25H28N6O4S/c1-15(2)21-11-18(24(32)31-7-9-34-10-8-31)23(36-21)30-25(33)35-22-20(28-17-12-26-14-27-13-17)6-5-19(29-22)16-3-4-16/h5-6,11-16,28H,3-4,7-10H2,1-2H3,(H,30,33). The molecule has 36 heavy (non-hydrogen) atoms. The summed E-state index contributed by atoms with van der Waals surface area (Å²) in [6.07, 6.45) is 6.10. The maximum absolute atomic E-state index is 13.2. The predicted octanol–water partition coefficient (Wildman–Crippen LogP) is 4.76. The van der Waals surface area contributed by atoms with Gasteiger partial charge in [-0.15, -0.1) is 11.3 Å². The zero-order valence-electron chi connectivity index (χ0n) is 20.2. The average Bonchev–Trinajstić information content (AvgIpc) is 3.65. The number of amides is 2. The lowest BCUT2D eigenvalue weighted by molar-refractivity contribution is 0.0304. The molecule has 3 aromatic rings. The molecule has 1 saturated carbocycles. The van der Waals surface area contributed by atoms with Gasteiger partial charge in [0, 0.05) is 29.6 Å². The first-order valence-corrected chi connectivity index (χ1v) is 12.8. The summed E-state index contributed by atoms with van der Waals surface area (Å²) in [4.78, 5) is 41.6. The van der Waals surface area contributed by atoms with Crippen molar-refractivity contribution in [3.63, 3.8) is 0 Å². The molecular weight excluding hydrogens is 480 g/mol. The third-order valence-corrected chi connectivity index (χ3v) is 7.32. The summed E-state index contributed by atoms with van der Waals surface area (Å²) in [5.74, 6) is 0.617. The second-order valence-corrected chi connectivity index (χ2v) is 10.2. The Bertz CT molecular complexity index is 1240. The smallest absolute Gasteiger partial charge is 0.389 e. The molecule has 1 aliphatic heterocycles. The minimum Gasteiger partial charge on any atom is -0.389 e. The number of nitrogens with one attached hydrogen (secondary N) is 2. The summed E-state index contributed by atoms with van der Waals surface area (Å²) in [5, 5.41) is 6.42. The van der Waals surface area contributed by atoms with E-state index >= 15 is 0 Å². The van der Waals surface area contributed by atoms with Crippen molar-refractivity contribution in [2.24, 2.45) is 0 Å². The van der Waals surface area contributed by atoms with Gasteiger partial charge in [-0.25, -0.2) is 19.7 Å². The molecule has 2 aliphatic rings. The molecule has 2 fully saturated rings. The van der Waals surface area contributed by atoms with Crippen LogP contribution in [0.3, 0.4) is 0 Å². The van der Waals surface area contributed by atoms with E-state index in [-0.39, 0.29) is 17.7 Å². The number of pyridine rings is 1. The van der Waals surface area contributed by atoms with Gasteiger partial charge < -0.3 is 19.7 Å². The van der Waals surface area contributed by atoms with Gasteiger partial charge >= 0.3 is 6.09 Å². The third kappa shape index (κ3) is 5.63. The zero-order chi connectivity index (χ0) is 25.1. The summed E-state index contributed by atoms with van der Waals surface area (Å²) in [6.45, 7) is 6.15. The van der Waals surface area contributed by atoms with Gasteiger partial charge in [-0.05, 0) is 37.0 Å². The molecule has 4 heterocycles. The molecule has 5 rings (SSSR count). The first-order valence-electron chi connectivity index (χ1n) is 12.0. The number of carbonyl (C=O) groups is 2. The topological polar surface area (TPSA) is 119 Å². The number of morpholine rings is 1. The second kappa shape index (κ2) is 10.6. The molecule has 1 saturated heterocycles. The number of hydrogen-bond donors (Lipinski definition) is 2. The van der Waals surface area contributed by atoms with Crippen LogP contribution in [0.5, 0.6) is 5.88 Å². The highest BCUT2D eigenvalue weighted by atomic mass is 32.1. The van der Waals surface area contributed by atoms with Crippen LogP contribution in [-0.4, -0.2) is 58.2 Å². The number of anilines is 3. The highest BCUT2D eigenvalue weighted by molar-refractivity contribution is 7.16. The number of ether oxygens (including phenoxy) is 2. The molecule has 2 amide bonds. The van der Waals surface area contributed by atoms with Crippen molar-refractivity contribution in [3.05, 3.63) is 53.1 Å². The van der Waals surface area contributed by atoms with Crippen LogP contribution in [0.25, 0.3) is 0 Å². The summed E-state index contributed by atoms with van der Waals surface area (Å²) in [7, 11) is 0. The van der Waals surface area contributed by atoms with Crippen molar-refractivity contribution in [2.75, 3.05) is 36.9 Å². The van der Waals surface area contributed by atoms with E-state index in [1.807, 2.05) is 18.2 Å². The van der Waals surface area contributed by atoms with Gasteiger partial charge in [0.1, 0.15) is 17.0 Å². The van der Waals surface area contributed by atoms with Gasteiger partial charge in [0.15, 0.2) is 0 Å². The van der Waals surface area contributed by atoms with Crippen LogP contribution in [0, 0.1) is 0 Å². The number of aromatic nitrogens is 3. The highest BCUT2D eigenvalue weighted by Gasteiger charge is 2.28. The van der Waals surface area contributed by atoms with Gasteiger partial charge in [0.05, 0.1) is 36.9 Å². The Labute approximate surface area is 213 Å². The molecule has 1 aliphatic carbocycles. The molecule has 0 atom stereocenters. The third-order valence-electron chi connectivity index (χ3n) is 5.97. The van der Waals surface area contributed by atoms with E-state index in [0.717, 1.165) is 23.4 Å². The Balaban J connectivity index is 1.37. The number of hydrogen-bond acceptors (Lipinski definition) is 9. The van der Waals surface area contributed by atoms with E-state index < -0.39 is 6.09 Å². The van der Waals surface area contributed by atoms with Gasteiger partial charge in [0.25, 0.3) is 5.91 Å². The van der Waals surface area contributed by atoms with Gasteiger partial charge in [-0.2, -0.15) is 0 Å². The molecule has 0 spiro atoms. The molecule has 0 bridgehead atoms. The Morgan fingerprint density at radius 3 is 2.61 bits per heavy atom. The molecule has 3 aromatic heterocycles. The van der Waals surface area contributed by atoms with E-state index in [2.05, 4.69) is 39.4 Å². The summed E-state index contributed by atoms with van der Waals surface area (Å²) < 4.78 is 11.1. The van der Waals surface area contributed by atoms with E-state index in [0.29, 0.717) is 54.2 Å². The van der Waals surface area contributed by atoms with E-state index in [1.165, 1.54) is 17.7 Å². The fraction of sp³-hybridized carbons (Fsp3) is 0.400. The molecular formula is C25H28N6O4S. The summed E-state index contributed by atoms with van der Waals surface area (Å²) >= 11 is 1.38. The SMILES string of the molecule is CC(C)c1cc(C(=O)N2CCOCC2)c(NC(=O)Oc2nc(C3CC3)ccc2Nc2cncnc2)s1. The lowest BCUT2D eigenvalue weighted by Gasteiger charge is -2.26. The maximum atomic E-state index is 13.2.